The number of carboxylic acids is 1. The van der Waals surface area contributed by atoms with E-state index < -0.39 is 21.9 Å². The normalized spacial score (nSPS) is 11.1. The predicted molar refractivity (Wildman–Crippen MR) is 118 cm³/mol. The van der Waals surface area contributed by atoms with E-state index in [1.807, 2.05) is 11.9 Å². The van der Waals surface area contributed by atoms with Gasteiger partial charge in [0, 0.05) is 26.2 Å². The van der Waals surface area contributed by atoms with Gasteiger partial charge in [-0.05, 0) is 49.2 Å². The topological polar surface area (TPSA) is 116 Å². The summed E-state index contributed by atoms with van der Waals surface area (Å²) < 4.78 is 28.4. The highest BCUT2D eigenvalue weighted by atomic mass is 32.2. The molecule has 3 N–H and O–H groups in total. The van der Waals surface area contributed by atoms with Crippen LogP contribution < -0.4 is 14.9 Å². The highest BCUT2D eigenvalue weighted by Gasteiger charge is 2.23. The molecule has 0 spiro atoms. The molecule has 0 unspecified atom stereocenters. The number of carboxylic acid groups (broad SMARTS) is 1. The number of aromatic carboxylic acids is 1. The number of unbranched alkanes of at least 4 members (excludes halogenated alkanes) is 1. The third-order valence-corrected chi connectivity index (χ3v) is 5.91. The molecule has 9 heteroatoms. The Morgan fingerprint density at radius 2 is 1.77 bits per heavy atom. The molecule has 162 valence electrons. The summed E-state index contributed by atoms with van der Waals surface area (Å²) in [6.45, 7) is 5.82. The standard InChI is InChI=1S/C21H27N3O5S/c1-5-6-11-24(4)16-8-10-18(17(13-16)21(26)27)23-30(28,29)20-12-14(2)7-9-19(20)22-15(3)25/h7-10,12-13,23H,5-6,11H2,1-4H3,(H,22,25)(H,26,27). The Labute approximate surface area is 177 Å². The minimum absolute atomic E-state index is 0.0505. The number of benzene rings is 2. The Balaban J connectivity index is 2.45. The molecule has 0 aromatic heterocycles. The van der Waals surface area contributed by atoms with E-state index in [1.165, 1.54) is 31.2 Å². The molecular weight excluding hydrogens is 406 g/mol. The smallest absolute Gasteiger partial charge is 0.337 e. The van der Waals surface area contributed by atoms with Crippen molar-refractivity contribution in [2.75, 3.05) is 28.5 Å². The molecule has 2 aromatic carbocycles. The molecule has 0 saturated heterocycles. The number of nitrogens with one attached hydrogen (secondary N) is 2. The molecule has 8 nitrogen and oxygen atoms in total. The maximum atomic E-state index is 13.0. The number of carbonyl (C=O) groups excluding carboxylic acids is 1. The largest absolute Gasteiger partial charge is 0.478 e. The lowest BCUT2D eigenvalue weighted by Crippen LogP contribution is -2.21. The molecule has 1 amide bonds. The van der Waals surface area contributed by atoms with Gasteiger partial charge in [0.05, 0.1) is 16.9 Å². The summed E-state index contributed by atoms with van der Waals surface area (Å²) in [6, 6.07) is 9.14. The van der Waals surface area contributed by atoms with E-state index in [4.69, 9.17) is 0 Å². The second-order valence-corrected chi connectivity index (χ2v) is 8.75. The van der Waals surface area contributed by atoms with Crippen LogP contribution in [0.5, 0.6) is 0 Å². The molecule has 0 radical (unpaired) electrons. The van der Waals surface area contributed by atoms with Crippen molar-refractivity contribution in [1.82, 2.24) is 0 Å². The lowest BCUT2D eigenvalue weighted by atomic mass is 10.1. The molecule has 0 aliphatic heterocycles. The molecule has 0 saturated carbocycles. The zero-order valence-electron chi connectivity index (χ0n) is 17.5. The van der Waals surface area contributed by atoms with E-state index in [-0.39, 0.29) is 21.8 Å². The average Bonchev–Trinajstić information content (AvgIpc) is 2.66. The maximum absolute atomic E-state index is 13.0. The highest BCUT2D eigenvalue weighted by molar-refractivity contribution is 7.93. The fourth-order valence-electron chi connectivity index (χ4n) is 2.90. The molecule has 0 heterocycles. The molecule has 0 bridgehead atoms. The number of anilines is 3. The van der Waals surface area contributed by atoms with Crippen LogP contribution in [0.25, 0.3) is 0 Å². The number of amides is 1. The van der Waals surface area contributed by atoms with E-state index in [9.17, 15) is 23.1 Å². The monoisotopic (exact) mass is 433 g/mol. The lowest BCUT2D eigenvalue weighted by molar-refractivity contribution is -0.114. The van der Waals surface area contributed by atoms with Crippen molar-refractivity contribution in [3.8, 4) is 0 Å². The summed E-state index contributed by atoms with van der Waals surface area (Å²) in [6.07, 6.45) is 1.95. The minimum atomic E-state index is -4.16. The summed E-state index contributed by atoms with van der Waals surface area (Å²) in [5.74, 6) is -1.66. The van der Waals surface area contributed by atoms with Crippen LogP contribution in [-0.4, -0.2) is 39.0 Å². The fraction of sp³-hybridized carbons (Fsp3) is 0.333. The second kappa shape index (κ2) is 9.62. The van der Waals surface area contributed by atoms with Gasteiger partial charge in [-0.3, -0.25) is 9.52 Å². The highest BCUT2D eigenvalue weighted by Crippen LogP contribution is 2.29. The van der Waals surface area contributed by atoms with Crippen LogP contribution in [0.4, 0.5) is 17.1 Å². The van der Waals surface area contributed by atoms with Crippen LogP contribution >= 0.6 is 0 Å². The van der Waals surface area contributed by atoms with Crippen LogP contribution in [0.2, 0.25) is 0 Å². The third kappa shape index (κ3) is 5.73. The van der Waals surface area contributed by atoms with Crippen molar-refractivity contribution in [1.29, 1.82) is 0 Å². The number of hydrogen-bond donors (Lipinski definition) is 3. The van der Waals surface area contributed by atoms with Crippen LogP contribution in [0, 0.1) is 6.92 Å². The summed E-state index contributed by atoms with van der Waals surface area (Å²) >= 11 is 0. The van der Waals surface area contributed by atoms with Gasteiger partial charge in [0.15, 0.2) is 0 Å². The first kappa shape index (κ1) is 23.2. The molecule has 0 atom stereocenters. The number of nitrogens with zero attached hydrogens (tertiary/aromatic N) is 1. The van der Waals surface area contributed by atoms with E-state index in [1.54, 1.807) is 19.1 Å². The van der Waals surface area contributed by atoms with Crippen LogP contribution in [0.15, 0.2) is 41.3 Å². The minimum Gasteiger partial charge on any atom is -0.478 e. The lowest BCUT2D eigenvalue weighted by Gasteiger charge is -2.21. The van der Waals surface area contributed by atoms with Crippen molar-refractivity contribution in [2.45, 2.75) is 38.5 Å². The van der Waals surface area contributed by atoms with Gasteiger partial charge >= 0.3 is 5.97 Å². The van der Waals surface area contributed by atoms with Gasteiger partial charge in [-0.1, -0.05) is 19.4 Å². The Morgan fingerprint density at radius 1 is 1.10 bits per heavy atom. The molecular formula is C21H27N3O5S. The quantitative estimate of drug-likeness (QED) is 0.555. The first-order chi connectivity index (χ1) is 14.0. The van der Waals surface area contributed by atoms with Gasteiger partial charge in [-0.15, -0.1) is 0 Å². The Bertz CT molecular complexity index is 1050. The van der Waals surface area contributed by atoms with Gasteiger partial charge in [-0.25, -0.2) is 13.2 Å². The van der Waals surface area contributed by atoms with Gasteiger partial charge < -0.3 is 15.3 Å². The first-order valence-corrected chi connectivity index (χ1v) is 11.0. The van der Waals surface area contributed by atoms with Crippen LogP contribution in [0.3, 0.4) is 0 Å². The molecule has 0 fully saturated rings. The Morgan fingerprint density at radius 3 is 2.37 bits per heavy atom. The van der Waals surface area contributed by atoms with E-state index in [0.29, 0.717) is 11.3 Å². The zero-order chi connectivity index (χ0) is 22.5. The molecule has 2 aromatic rings. The summed E-state index contributed by atoms with van der Waals surface area (Å²) in [5, 5.41) is 12.1. The maximum Gasteiger partial charge on any atom is 0.337 e. The van der Waals surface area contributed by atoms with E-state index in [0.717, 1.165) is 19.4 Å². The molecule has 0 aliphatic carbocycles. The third-order valence-electron chi connectivity index (χ3n) is 4.50. The van der Waals surface area contributed by atoms with Crippen molar-refractivity contribution in [2.24, 2.45) is 0 Å². The number of aryl methyl sites for hydroxylation is 1. The second-order valence-electron chi connectivity index (χ2n) is 7.10. The van der Waals surface area contributed by atoms with Gasteiger partial charge in [-0.2, -0.15) is 0 Å². The SMILES string of the molecule is CCCCN(C)c1ccc(NS(=O)(=O)c2cc(C)ccc2NC(C)=O)c(C(=O)O)c1. The molecule has 2 rings (SSSR count). The van der Waals surface area contributed by atoms with Crippen LogP contribution in [-0.2, 0) is 14.8 Å². The summed E-state index contributed by atoms with van der Waals surface area (Å²) in [5.41, 5.74) is 1.26. The van der Waals surface area contributed by atoms with Crippen molar-refractivity contribution >= 4 is 39.0 Å². The number of sulfonamides is 1. The average molecular weight is 434 g/mol. The zero-order valence-corrected chi connectivity index (χ0v) is 18.3. The molecule has 30 heavy (non-hydrogen) atoms. The van der Waals surface area contributed by atoms with Crippen LogP contribution in [0.1, 0.15) is 42.6 Å². The predicted octanol–water partition coefficient (Wildman–Crippen LogP) is 3.69. The Hall–Kier alpha value is -3.07. The van der Waals surface area contributed by atoms with Crippen molar-refractivity contribution in [3.63, 3.8) is 0 Å². The summed E-state index contributed by atoms with van der Waals surface area (Å²) in [7, 11) is -2.30. The van der Waals surface area contributed by atoms with E-state index in [2.05, 4.69) is 17.0 Å². The molecule has 0 aliphatic rings. The van der Waals surface area contributed by atoms with E-state index >= 15 is 0 Å². The van der Waals surface area contributed by atoms with Crippen molar-refractivity contribution < 1.29 is 23.1 Å². The summed E-state index contributed by atoms with van der Waals surface area (Å²) in [4.78, 5) is 25.0. The number of carbonyl (C=O) groups is 2. The van der Waals surface area contributed by atoms with Gasteiger partial charge in [0.25, 0.3) is 10.0 Å². The number of rotatable bonds is 9. The van der Waals surface area contributed by atoms with Crippen molar-refractivity contribution in [3.05, 3.63) is 47.5 Å². The Kier molecular flexibility index (Phi) is 7.44. The number of hydrogen-bond acceptors (Lipinski definition) is 5. The first-order valence-electron chi connectivity index (χ1n) is 9.54. The fourth-order valence-corrected chi connectivity index (χ4v) is 4.23. The van der Waals surface area contributed by atoms with Gasteiger partial charge in [0.1, 0.15) is 4.90 Å². The van der Waals surface area contributed by atoms with Gasteiger partial charge in [0.2, 0.25) is 5.91 Å².